The van der Waals surface area contributed by atoms with Gasteiger partial charge in [-0.2, -0.15) is 0 Å². The molecule has 0 saturated heterocycles. The molecule has 9 heteroatoms. The molecule has 0 unspecified atom stereocenters. The Kier molecular flexibility index (Phi) is 8.01. The molecule has 1 aromatic heterocycles. The number of halogens is 2. The molecule has 2 aromatic carbocycles. The number of benzene rings is 2. The van der Waals surface area contributed by atoms with E-state index in [4.69, 9.17) is 26.2 Å². The Bertz CT molecular complexity index is 990. The minimum atomic E-state index is -0.485. The molecule has 0 radical (unpaired) electrons. The Morgan fingerprint density at radius 2 is 1.93 bits per heavy atom. The van der Waals surface area contributed by atoms with E-state index in [1.54, 1.807) is 19.2 Å². The monoisotopic (exact) mass is 434 g/mol. The minimum Gasteiger partial charge on any atom is -0.493 e. The molecule has 0 aliphatic rings. The number of aliphatic hydroxyl groups is 1. The maximum absolute atomic E-state index is 13.4. The third-order valence-electron chi connectivity index (χ3n) is 4.37. The Morgan fingerprint density at radius 3 is 2.70 bits per heavy atom. The van der Waals surface area contributed by atoms with Crippen LogP contribution in [0.2, 0.25) is 5.02 Å². The quantitative estimate of drug-likeness (QED) is 0.394. The summed E-state index contributed by atoms with van der Waals surface area (Å²) < 4.78 is 24.8. The van der Waals surface area contributed by atoms with Crippen LogP contribution in [0.4, 0.5) is 15.9 Å². The fraction of sp³-hybridized carbons (Fsp3) is 0.333. The van der Waals surface area contributed by atoms with Gasteiger partial charge in [0.15, 0.2) is 11.5 Å². The van der Waals surface area contributed by atoms with Gasteiger partial charge in [0.1, 0.15) is 18.0 Å². The predicted octanol–water partition coefficient (Wildman–Crippen LogP) is 3.92. The van der Waals surface area contributed by atoms with Crippen molar-refractivity contribution in [2.24, 2.45) is 0 Å². The highest BCUT2D eigenvalue weighted by atomic mass is 35.5. The summed E-state index contributed by atoms with van der Waals surface area (Å²) in [6, 6.07) is 7.98. The van der Waals surface area contributed by atoms with Gasteiger partial charge in [-0.05, 0) is 50.2 Å². The molecule has 30 heavy (non-hydrogen) atoms. The number of ether oxygens (including phenoxy) is 2. The first-order valence-electron chi connectivity index (χ1n) is 9.61. The van der Waals surface area contributed by atoms with E-state index in [0.29, 0.717) is 35.1 Å². The SMILES string of the molecule is COc1cc2ncnc(Nc3ccc(F)c(Cl)c3)c2cc1OCCCNCCCO. The third kappa shape index (κ3) is 5.69. The van der Waals surface area contributed by atoms with E-state index in [-0.39, 0.29) is 11.6 Å². The molecule has 0 amide bonds. The average molecular weight is 435 g/mol. The van der Waals surface area contributed by atoms with Crippen molar-refractivity contribution < 1.29 is 19.0 Å². The fourth-order valence-electron chi connectivity index (χ4n) is 2.85. The topological polar surface area (TPSA) is 88.5 Å². The van der Waals surface area contributed by atoms with E-state index in [2.05, 4.69) is 20.6 Å². The minimum absolute atomic E-state index is 0.0247. The van der Waals surface area contributed by atoms with Gasteiger partial charge in [-0.15, -0.1) is 0 Å². The standard InChI is InChI=1S/C21H24ClFN4O3/c1-29-19-12-18-15(11-20(19)30-9-3-7-24-6-2-8-28)21(26-13-25-18)27-14-4-5-17(23)16(22)10-14/h4-5,10-13,24,28H,2-3,6-9H2,1H3,(H,25,26,27). The lowest BCUT2D eigenvalue weighted by Gasteiger charge is -2.14. The maximum Gasteiger partial charge on any atom is 0.162 e. The van der Waals surface area contributed by atoms with E-state index < -0.39 is 5.82 Å². The third-order valence-corrected chi connectivity index (χ3v) is 4.66. The maximum atomic E-state index is 13.4. The number of nitrogens with zero attached hydrogens (tertiary/aromatic N) is 2. The number of aliphatic hydroxyl groups excluding tert-OH is 1. The average Bonchev–Trinajstić information content (AvgIpc) is 2.75. The van der Waals surface area contributed by atoms with Crippen LogP contribution >= 0.6 is 11.6 Å². The molecule has 0 aliphatic carbocycles. The molecule has 160 valence electrons. The van der Waals surface area contributed by atoms with Crippen molar-refractivity contribution in [3.05, 3.63) is 47.5 Å². The molecule has 0 bridgehead atoms. The summed E-state index contributed by atoms with van der Waals surface area (Å²) >= 11 is 5.87. The number of fused-ring (bicyclic) bond motifs is 1. The zero-order valence-electron chi connectivity index (χ0n) is 16.6. The summed E-state index contributed by atoms with van der Waals surface area (Å²) in [6.45, 7) is 2.24. The van der Waals surface area contributed by atoms with Crippen LogP contribution in [-0.4, -0.2) is 48.5 Å². The molecule has 3 aromatic rings. The Morgan fingerprint density at radius 1 is 1.10 bits per heavy atom. The van der Waals surface area contributed by atoms with E-state index in [9.17, 15) is 4.39 Å². The highest BCUT2D eigenvalue weighted by Crippen LogP contribution is 2.35. The van der Waals surface area contributed by atoms with Crippen LogP contribution in [0.1, 0.15) is 12.8 Å². The lowest BCUT2D eigenvalue weighted by atomic mass is 10.2. The van der Waals surface area contributed by atoms with Crippen LogP contribution in [0.15, 0.2) is 36.7 Å². The molecule has 0 saturated carbocycles. The lowest BCUT2D eigenvalue weighted by Crippen LogP contribution is -2.19. The van der Waals surface area contributed by atoms with Crippen molar-refractivity contribution in [3.63, 3.8) is 0 Å². The summed E-state index contributed by atoms with van der Waals surface area (Å²) in [5, 5.41) is 15.9. The van der Waals surface area contributed by atoms with Crippen molar-refractivity contribution in [2.75, 3.05) is 38.7 Å². The van der Waals surface area contributed by atoms with Crippen LogP contribution in [0.5, 0.6) is 11.5 Å². The van der Waals surface area contributed by atoms with Gasteiger partial charge in [0, 0.05) is 23.7 Å². The van der Waals surface area contributed by atoms with Crippen molar-refractivity contribution in [1.82, 2.24) is 15.3 Å². The normalized spacial score (nSPS) is 10.9. The molecule has 0 atom stereocenters. The highest BCUT2D eigenvalue weighted by molar-refractivity contribution is 6.31. The van der Waals surface area contributed by atoms with Gasteiger partial charge < -0.3 is 25.2 Å². The van der Waals surface area contributed by atoms with E-state index in [1.165, 1.54) is 18.5 Å². The van der Waals surface area contributed by atoms with Crippen LogP contribution in [0.3, 0.4) is 0 Å². The molecular weight excluding hydrogens is 411 g/mol. The van der Waals surface area contributed by atoms with Crippen LogP contribution in [-0.2, 0) is 0 Å². The molecule has 3 rings (SSSR count). The predicted molar refractivity (Wildman–Crippen MR) is 115 cm³/mol. The first-order valence-corrected chi connectivity index (χ1v) is 9.99. The first kappa shape index (κ1) is 22.0. The molecule has 0 fully saturated rings. The smallest absolute Gasteiger partial charge is 0.162 e. The summed E-state index contributed by atoms with van der Waals surface area (Å²) in [5.74, 6) is 1.21. The van der Waals surface area contributed by atoms with Gasteiger partial charge >= 0.3 is 0 Å². The van der Waals surface area contributed by atoms with Gasteiger partial charge in [-0.3, -0.25) is 0 Å². The molecule has 0 spiro atoms. The highest BCUT2D eigenvalue weighted by Gasteiger charge is 2.12. The summed E-state index contributed by atoms with van der Waals surface area (Å²) in [5.41, 5.74) is 1.28. The van der Waals surface area contributed by atoms with Crippen LogP contribution < -0.4 is 20.1 Å². The van der Waals surface area contributed by atoms with Gasteiger partial charge in [0.05, 0.1) is 24.3 Å². The molecule has 3 N–H and O–H groups in total. The second-order valence-electron chi connectivity index (χ2n) is 6.53. The summed E-state index contributed by atoms with van der Waals surface area (Å²) in [4.78, 5) is 8.60. The van der Waals surface area contributed by atoms with Crippen LogP contribution in [0.25, 0.3) is 10.9 Å². The Hall–Kier alpha value is -2.68. The second-order valence-corrected chi connectivity index (χ2v) is 6.93. The zero-order chi connectivity index (χ0) is 21.3. The number of methoxy groups -OCH3 is 1. The number of hydrogen-bond acceptors (Lipinski definition) is 7. The van der Waals surface area contributed by atoms with Gasteiger partial charge in [0.25, 0.3) is 0 Å². The fourth-order valence-corrected chi connectivity index (χ4v) is 3.04. The number of aromatic nitrogens is 2. The number of rotatable bonds is 11. The van der Waals surface area contributed by atoms with Gasteiger partial charge in [-0.1, -0.05) is 11.6 Å². The Balaban J connectivity index is 1.76. The van der Waals surface area contributed by atoms with Gasteiger partial charge in [0.2, 0.25) is 0 Å². The van der Waals surface area contributed by atoms with E-state index in [0.717, 1.165) is 31.3 Å². The molecule has 0 aliphatic heterocycles. The number of hydrogen-bond donors (Lipinski definition) is 3. The van der Waals surface area contributed by atoms with E-state index >= 15 is 0 Å². The first-order chi connectivity index (χ1) is 14.6. The number of nitrogens with one attached hydrogen (secondary N) is 2. The zero-order valence-corrected chi connectivity index (χ0v) is 17.4. The summed E-state index contributed by atoms with van der Waals surface area (Å²) in [6.07, 6.45) is 2.97. The second kappa shape index (κ2) is 10.9. The lowest BCUT2D eigenvalue weighted by molar-refractivity contribution is 0.278. The van der Waals surface area contributed by atoms with Crippen molar-refractivity contribution in [2.45, 2.75) is 12.8 Å². The van der Waals surface area contributed by atoms with Crippen molar-refractivity contribution in [3.8, 4) is 11.5 Å². The van der Waals surface area contributed by atoms with Gasteiger partial charge in [-0.25, -0.2) is 14.4 Å². The molecule has 7 nitrogen and oxygen atoms in total. The van der Waals surface area contributed by atoms with E-state index in [1.807, 2.05) is 6.07 Å². The number of anilines is 2. The largest absolute Gasteiger partial charge is 0.493 e. The molecule has 1 heterocycles. The molecular formula is C21H24ClFN4O3. The van der Waals surface area contributed by atoms with Crippen molar-refractivity contribution >= 4 is 34.0 Å². The summed E-state index contributed by atoms with van der Waals surface area (Å²) in [7, 11) is 1.57. The van der Waals surface area contributed by atoms with Crippen LogP contribution in [0, 0.1) is 5.82 Å². The van der Waals surface area contributed by atoms with Crippen molar-refractivity contribution in [1.29, 1.82) is 0 Å². The Labute approximate surface area is 179 Å².